The zero-order chi connectivity index (χ0) is 34.3. The highest BCUT2D eigenvalue weighted by atomic mass is 15.0. The van der Waals surface area contributed by atoms with E-state index in [2.05, 4.69) is 195 Å². The predicted octanol–water partition coefficient (Wildman–Crippen LogP) is 14.0. The first kappa shape index (κ1) is 29.7. The molecular formula is C50H37N. The van der Waals surface area contributed by atoms with Gasteiger partial charge in [-0.1, -0.05) is 172 Å². The molecule has 0 saturated heterocycles. The molecule has 10 aromatic rings. The maximum Gasteiger partial charge on any atom is 0.0619 e. The predicted molar refractivity (Wildman–Crippen MR) is 220 cm³/mol. The van der Waals surface area contributed by atoms with Crippen molar-refractivity contribution in [3.8, 4) is 27.9 Å². The summed E-state index contributed by atoms with van der Waals surface area (Å²) in [5, 5.41) is 12.7. The fourth-order valence-corrected chi connectivity index (χ4v) is 8.44. The lowest BCUT2D eigenvalue weighted by Gasteiger charge is -2.20. The average molecular weight is 652 g/mol. The third kappa shape index (κ3) is 4.55. The highest BCUT2D eigenvalue weighted by Crippen LogP contribution is 2.45. The van der Waals surface area contributed by atoms with E-state index < -0.39 is 0 Å². The fourth-order valence-electron chi connectivity index (χ4n) is 8.44. The Labute approximate surface area is 298 Å². The number of fused-ring (bicyclic) bond motifs is 9. The topological polar surface area (TPSA) is 4.93 Å². The smallest absolute Gasteiger partial charge is 0.0619 e. The van der Waals surface area contributed by atoms with Crippen LogP contribution in [0, 0.1) is 0 Å². The maximum absolute atomic E-state index is 2.53. The summed E-state index contributed by atoms with van der Waals surface area (Å²) in [5.74, 6) is 0. The van der Waals surface area contributed by atoms with Crippen LogP contribution in [0.2, 0.25) is 0 Å². The first-order valence-corrected chi connectivity index (χ1v) is 17.9. The number of hydrogen-bond donors (Lipinski definition) is 0. The lowest BCUT2D eigenvalue weighted by atomic mass is 9.85. The second kappa shape index (κ2) is 11.2. The van der Waals surface area contributed by atoms with Gasteiger partial charge in [-0.25, -0.2) is 0 Å². The van der Waals surface area contributed by atoms with E-state index in [-0.39, 0.29) is 5.41 Å². The van der Waals surface area contributed by atoms with Crippen molar-refractivity contribution in [2.45, 2.75) is 26.2 Å². The van der Waals surface area contributed by atoms with Gasteiger partial charge in [0.25, 0.3) is 0 Å². The van der Waals surface area contributed by atoms with Crippen molar-refractivity contribution < 1.29 is 0 Å². The van der Waals surface area contributed by atoms with Crippen molar-refractivity contribution in [3.63, 3.8) is 0 Å². The Kier molecular flexibility index (Phi) is 6.51. The molecule has 0 aliphatic carbocycles. The van der Waals surface area contributed by atoms with Crippen molar-refractivity contribution in [2.24, 2.45) is 0 Å². The molecule has 0 atom stereocenters. The van der Waals surface area contributed by atoms with Gasteiger partial charge in [0.05, 0.1) is 11.0 Å². The Balaban J connectivity index is 1.27. The number of hydrogen-bond acceptors (Lipinski definition) is 0. The summed E-state index contributed by atoms with van der Waals surface area (Å²) in [7, 11) is 0. The van der Waals surface area contributed by atoms with E-state index in [0.29, 0.717) is 0 Å². The zero-order valence-corrected chi connectivity index (χ0v) is 29.1. The van der Waals surface area contributed by atoms with Crippen LogP contribution in [0.4, 0.5) is 0 Å². The van der Waals surface area contributed by atoms with Crippen LogP contribution in [0.1, 0.15) is 26.3 Å². The van der Waals surface area contributed by atoms with Gasteiger partial charge in [-0.3, -0.25) is 0 Å². The summed E-state index contributed by atoms with van der Waals surface area (Å²) in [6.07, 6.45) is 0. The molecule has 0 N–H and O–H groups in total. The number of nitrogens with zero attached hydrogens (tertiary/aromatic N) is 1. The van der Waals surface area contributed by atoms with Gasteiger partial charge in [0, 0.05) is 27.2 Å². The minimum atomic E-state index is 0.0448. The Morgan fingerprint density at radius 3 is 1.37 bits per heavy atom. The third-order valence-corrected chi connectivity index (χ3v) is 10.9. The minimum Gasteiger partial charge on any atom is -0.308 e. The number of benzene rings is 9. The number of rotatable bonds is 3. The molecule has 1 aromatic heterocycles. The van der Waals surface area contributed by atoms with Crippen LogP contribution >= 0.6 is 0 Å². The molecule has 0 bridgehead atoms. The van der Waals surface area contributed by atoms with Gasteiger partial charge >= 0.3 is 0 Å². The Morgan fingerprint density at radius 2 is 0.804 bits per heavy atom. The Hall–Kier alpha value is -6.18. The Morgan fingerprint density at radius 1 is 0.353 bits per heavy atom. The van der Waals surface area contributed by atoms with E-state index in [4.69, 9.17) is 0 Å². The molecule has 10 rings (SSSR count). The normalized spacial score (nSPS) is 12.2. The van der Waals surface area contributed by atoms with E-state index in [1.165, 1.54) is 98.4 Å². The SMILES string of the molecule is CC(C)(C)c1ccc2ccc3c4ccc5ccccc5c4n(-c4ccc(-c5c6ccccc6c(-c6ccccc6)c6ccccc56)cc4)c3c2c1. The molecule has 0 amide bonds. The molecular weight excluding hydrogens is 615 g/mol. The minimum absolute atomic E-state index is 0.0448. The molecule has 0 aliphatic heterocycles. The molecule has 9 aromatic carbocycles. The monoisotopic (exact) mass is 651 g/mol. The second-order valence-electron chi connectivity index (χ2n) is 14.9. The molecule has 0 radical (unpaired) electrons. The maximum atomic E-state index is 2.53. The molecule has 1 heterocycles. The summed E-state index contributed by atoms with van der Waals surface area (Å²) in [6.45, 7) is 6.90. The molecule has 0 unspecified atom stereocenters. The quantitative estimate of drug-likeness (QED) is 0.168. The van der Waals surface area contributed by atoms with E-state index in [1.807, 2.05) is 0 Å². The molecule has 0 fully saturated rings. The molecule has 51 heavy (non-hydrogen) atoms. The number of aromatic nitrogens is 1. The molecule has 1 heteroatoms. The van der Waals surface area contributed by atoms with Crippen LogP contribution in [-0.4, -0.2) is 4.57 Å². The molecule has 1 nitrogen and oxygen atoms in total. The van der Waals surface area contributed by atoms with E-state index >= 15 is 0 Å². The zero-order valence-electron chi connectivity index (χ0n) is 29.1. The van der Waals surface area contributed by atoms with Crippen molar-refractivity contribution in [1.29, 1.82) is 0 Å². The first-order chi connectivity index (χ1) is 25.0. The van der Waals surface area contributed by atoms with Crippen LogP contribution in [0.25, 0.3) is 92.8 Å². The van der Waals surface area contributed by atoms with Gasteiger partial charge in [-0.2, -0.15) is 0 Å². The summed E-state index contributed by atoms with van der Waals surface area (Å²) in [6, 6.07) is 63.0. The highest BCUT2D eigenvalue weighted by molar-refractivity contribution is 6.24. The molecule has 242 valence electrons. The molecule has 0 saturated carbocycles. The first-order valence-electron chi connectivity index (χ1n) is 17.9. The standard InChI is InChI=1S/C50H37N/c1-50(2,3)36-26-21-33-25-30-44-43-29-24-32-13-7-8-16-38(32)48(43)51(49(44)45(33)31-36)37-27-22-35(23-28-37)47-41-19-11-9-17-39(41)46(34-14-5-4-6-15-34)40-18-10-12-20-42(40)47/h4-31H,1-3H3. The van der Waals surface area contributed by atoms with E-state index in [0.717, 1.165) is 0 Å². The van der Waals surface area contributed by atoms with Gasteiger partial charge in [0.2, 0.25) is 0 Å². The molecule has 0 spiro atoms. The third-order valence-electron chi connectivity index (χ3n) is 10.9. The Bertz CT molecular complexity index is 2920. The molecule has 0 aliphatic rings. The van der Waals surface area contributed by atoms with Crippen LogP contribution in [0.15, 0.2) is 170 Å². The van der Waals surface area contributed by atoms with Crippen LogP contribution in [0.3, 0.4) is 0 Å². The summed E-state index contributed by atoms with van der Waals surface area (Å²) < 4.78 is 2.53. The lowest BCUT2D eigenvalue weighted by Crippen LogP contribution is -2.10. The van der Waals surface area contributed by atoms with Crippen LogP contribution in [-0.2, 0) is 5.41 Å². The van der Waals surface area contributed by atoms with Crippen LogP contribution in [0.5, 0.6) is 0 Å². The summed E-state index contributed by atoms with van der Waals surface area (Å²) in [4.78, 5) is 0. The highest BCUT2D eigenvalue weighted by Gasteiger charge is 2.21. The fraction of sp³-hybridized carbons (Fsp3) is 0.0800. The second-order valence-corrected chi connectivity index (χ2v) is 14.9. The van der Waals surface area contributed by atoms with Gasteiger partial charge in [0.15, 0.2) is 0 Å². The van der Waals surface area contributed by atoms with Crippen molar-refractivity contribution in [3.05, 3.63) is 175 Å². The lowest BCUT2D eigenvalue weighted by molar-refractivity contribution is 0.591. The largest absolute Gasteiger partial charge is 0.308 e. The van der Waals surface area contributed by atoms with Crippen molar-refractivity contribution >= 4 is 64.9 Å². The average Bonchev–Trinajstić information content (AvgIpc) is 3.52. The summed E-state index contributed by atoms with van der Waals surface area (Å²) in [5.41, 5.74) is 10.1. The van der Waals surface area contributed by atoms with Crippen molar-refractivity contribution in [2.75, 3.05) is 0 Å². The van der Waals surface area contributed by atoms with Gasteiger partial charge in [0.1, 0.15) is 0 Å². The van der Waals surface area contributed by atoms with Gasteiger partial charge in [-0.05, 0) is 83.7 Å². The van der Waals surface area contributed by atoms with E-state index in [9.17, 15) is 0 Å². The van der Waals surface area contributed by atoms with Gasteiger partial charge < -0.3 is 4.57 Å². The van der Waals surface area contributed by atoms with Crippen LogP contribution < -0.4 is 0 Å². The van der Waals surface area contributed by atoms with Crippen molar-refractivity contribution in [1.82, 2.24) is 4.57 Å². The van der Waals surface area contributed by atoms with E-state index in [1.54, 1.807) is 0 Å². The van der Waals surface area contributed by atoms with Gasteiger partial charge in [-0.15, -0.1) is 0 Å². The summed E-state index contributed by atoms with van der Waals surface area (Å²) >= 11 is 0.